The van der Waals surface area contributed by atoms with E-state index in [0.29, 0.717) is 12.1 Å². The molecule has 134 valence electrons. The summed E-state index contributed by atoms with van der Waals surface area (Å²) >= 11 is 2.06. The lowest BCUT2D eigenvalue weighted by atomic mass is 9.74. The van der Waals surface area contributed by atoms with Crippen molar-refractivity contribution in [1.82, 2.24) is 15.1 Å². The molecule has 1 aliphatic carbocycles. The van der Waals surface area contributed by atoms with Crippen LogP contribution in [0.2, 0.25) is 0 Å². The minimum Gasteiger partial charge on any atom is -0.307 e. The second kappa shape index (κ2) is 6.76. The Bertz CT molecular complexity index is 749. The Morgan fingerprint density at radius 1 is 1.28 bits per heavy atom. The Labute approximate surface area is 153 Å². The molecule has 5 heteroatoms. The van der Waals surface area contributed by atoms with Gasteiger partial charge in [0, 0.05) is 23.3 Å². The summed E-state index contributed by atoms with van der Waals surface area (Å²) in [7, 11) is 0. The van der Waals surface area contributed by atoms with Crippen molar-refractivity contribution in [3.05, 3.63) is 47.5 Å². The average Bonchev–Trinajstić information content (AvgIpc) is 2.98. The fourth-order valence-corrected chi connectivity index (χ4v) is 5.28. The number of benzene rings is 1. The van der Waals surface area contributed by atoms with Crippen LogP contribution < -0.4 is 5.32 Å². The quantitative estimate of drug-likeness (QED) is 0.874. The van der Waals surface area contributed by atoms with E-state index in [1.807, 2.05) is 16.9 Å². The molecule has 1 fully saturated rings. The number of halogens is 1. The number of hydrogen-bond donors (Lipinski definition) is 1. The lowest BCUT2D eigenvalue weighted by Gasteiger charge is -2.38. The smallest absolute Gasteiger partial charge is 0.125 e. The van der Waals surface area contributed by atoms with Gasteiger partial charge in [0.1, 0.15) is 5.82 Å². The van der Waals surface area contributed by atoms with E-state index in [4.69, 9.17) is 0 Å². The van der Waals surface area contributed by atoms with Crippen LogP contribution in [0.1, 0.15) is 50.4 Å². The predicted octanol–water partition coefficient (Wildman–Crippen LogP) is 4.51. The van der Waals surface area contributed by atoms with Gasteiger partial charge in [0.05, 0.1) is 11.9 Å². The van der Waals surface area contributed by atoms with Gasteiger partial charge in [0.15, 0.2) is 0 Å². The second-order valence-corrected chi connectivity index (χ2v) is 9.31. The van der Waals surface area contributed by atoms with Gasteiger partial charge in [-0.2, -0.15) is 16.9 Å². The van der Waals surface area contributed by atoms with E-state index in [0.717, 1.165) is 18.5 Å². The number of thioether (sulfide) groups is 1. The maximum atomic E-state index is 13.7. The summed E-state index contributed by atoms with van der Waals surface area (Å²) in [6.07, 6.45) is 6.57. The molecule has 1 N–H and O–H groups in total. The van der Waals surface area contributed by atoms with E-state index in [9.17, 15) is 4.39 Å². The fraction of sp³-hybridized carbons (Fsp3) is 0.550. The molecular weight excluding hydrogens is 333 g/mol. The Morgan fingerprint density at radius 3 is 2.84 bits per heavy atom. The third-order valence-electron chi connectivity index (χ3n) is 5.39. The van der Waals surface area contributed by atoms with E-state index >= 15 is 0 Å². The van der Waals surface area contributed by atoms with Crippen LogP contribution >= 0.6 is 11.8 Å². The highest BCUT2D eigenvalue weighted by molar-refractivity contribution is 7.99. The Kier molecular flexibility index (Phi) is 4.63. The number of hydrogen-bond acceptors (Lipinski definition) is 3. The van der Waals surface area contributed by atoms with Gasteiger partial charge in [-0.1, -0.05) is 19.9 Å². The van der Waals surface area contributed by atoms with Gasteiger partial charge in [0.2, 0.25) is 0 Å². The van der Waals surface area contributed by atoms with Crippen LogP contribution in [0.4, 0.5) is 4.39 Å². The highest BCUT2D eigenvalue weighted by atomic mass is 32.2. The van der Waals surface area contributed by atoms with Crippen molar-refractivity contribution in [2.24, 2.45) is 5.41 Å². The molecule has 0 spiro atoms. The molecule has 2 aliphatic rings. The zero-order chi connectivity index (χ0) is 17.4. The number of fused-ring (bicyclic) bond motifs is 1. The van der Waals surface area contributed by atoms with Gasteiger partial charge < -0.3 is 5.32 Å². The molecule has 1 aromatic carbocycles. The largest absolute Gasteiger partial charge is 0.307 e. The molecule has 1 unspecified atom stereocenters. The Hall–Kier alpha value is -1.33. The summed E-state index contributed by atoms with van der Waals surface area (Å²) in [6, 6.07) is 7.67. The molecule has 3 nitrogen and oxygen atoms in total. The number of aromatic nitrogens is 2. The van der Waals surface area contributed by atoms with Crippen LogP contribution in [0.5, 0.6) is 0 Å². The number of nitrogens with one attached hydrogen (secondary N) is 1. The summed E-state index contributed by atoms with van der Waals surface area (Å²) in [6.45, 7) is 4.65. The summed E-state index contributed by atoms with van der Waals surface area (Å²) in [5.41, 5.74) is 3.54. The highest BCUT2D eigenvalue weighted by Gasteiger charge is 2.36. The highest BCUT2D eigenvalue weighted by Crippen LogP contribution is 2.42. The molecule has 0 amide bonds. The van der Waals surface area contributed by atoms with Gasteiger partial charge in [-0.05, 0) is 60.8 Å². The lowest BCUT2D eigenvalue weighted by Crippen LogP contribution is -2.40. The summed E-state index contributed by atoms with van der Waals surface area (Å²) in [5.74, 6) is 2.29. The zero-order valence-corrected chi connectivity index (χ0v) is 15.8. The van der Waals surface area contributed by atoms with Crippen molar-refractivity contribution in [3.8, 4) is 5.69 Å². The van der Waals surface area contributed by atoms with Crippen molar-refractivity contribution in [3.63, 3.8) is 0 Å². The van der Waals surface area contributed by atoms with Crippen LogP contribution in [0, 0.1) is 11.2 Å². The van der Waals surface area contributed by atoms with Gasteiger partial charge in [-0.15, -0.1) is 0 Å². The molecule has 0 bridgehead atoms. The minimum atomic E-state index is -0.216. The van der Waals surface area contributed by atoms with Crippen LogP contribution in [0.15, 0.2) is 30.5 Å². The van der Waals surface area contributed by atoms with E-state index < -0.39 is 0 Å². The van der Waals surface area contributed by atoms with Gasteiger partial charge in [0.25, 0.3) is 0 Å². The fourth-order valence-electron chi connectivity index (χ4n) is 4.17. The Morgan fingerprint density at radius 2 is 2.08 bits per heavy atom. The van der Waals surface area contributed by atoms with E-state index in [1.54, 1.807) is 12.1 Å². The third-order valence-corrected chi connectivity index (χ3v) is 6.44. The molecule has 4 rings (SSSR count). The molecule has 2 heterocycles. The predicted molar refractivity (Wildman–Crippen MR) is 102 cm³/mol. The topological polar surface area (TPSA) is 29.9 Å². The van der Waals surface area contributed by atoms with Crippen LogP contribution in [-0.2, 0) is 6.42 Å². The number of rotatable bonds is 3. The molecule has 1 atom stereocenters. The average molecular weight is 360 g/mol. The minimum absolute atomic E-state index is 0.208. The second-order valence-electron chi connectivity index (χ2n) is 8.09. The number of nitrogens with zero attached hydrogens (tertiary/aromatic N) is 2. The maximum Gasteiger partial charge on any atom is 0.125 e. The summed E-state index contributed by atoms with van der Waals surface area (Å²) in [5, 5.41) is 8.53. The van der Waals surface area contributed by atoms with Crippen LogP contribution in [0.3, 0.4) is 0 Å². The first kappa shape index (κ1) is 17.1. The molecule has 1 aliphatic heterocycles. The normalized spacial score (nSPS) is 23.4. The standard InChI is InChI=1S/C20H26FN3S/c1-20(2)11-18(23-15-6-8-25-9-7-15)17-13-22-24(19(17)12-20)16-5-3-4-14(21)10-16/h3-5,10,13,15,18,23H,6-9,11-12H2,1-2H3. The maximum absolute atomic E-state index is 13.7. The van der Waals surface area contributed by atoms with Gasteiger partial charge >= 0.3 is 0 Å². The first-order valence-electron chi connectivity index (χ1n) is 9.18. The van der Waals surface area contributed by atoms with Crippen molar-refractivity contribution in [1.29, 1.82) is 0 Å². The third kappa shape index (κ3) is 3.63. The summed E-state index contributed by atoms with van der Waals surface area (Å²) < 4.78 is 15.6. The van der Waals surface area contributed by atoms with Crippen molar-refractivity contribution >= 4 is 11.8 Å². The molecule has 25 heavy (non-hydrogen) atoms. The molecule has 0 saturated carbocycles. The van der Waals surface area contributed by atoms with Crippen molar-refractivity contribution < 1.29 is 4.39 Å². The molecule has 0 radical (unpaired) electrons. The molecule has 1 aromatic heterocycles. The van der Waals surface area contributed by atoms with Crippen LogP contribution in [-0.4, -0.2) is 27.3 Å². The van der Waals surface area contributed by atoms with Crippen molar-refractivity contribution in [2.75, 3.05) is 11.5 Å². The van der Waals surface area contributed by atoms with E-state index in [1.165, 1.54) is 41.7 Å². The molecule has 1 saturated heterocycles. The molecular formula is C20H26FN3S. The van der Waals surface area contributed by atoms with E-state index in [-0.39, 0.29) is 11.2 Å². The SMILES string of the molecule is CC1(C)Cc2c(cnn2-c2cccc(F)c2)C(NC2CCSCC2)C1. The first-order chi connectivity index (χ1) is 12.0. The monoisotopic (exact) mass is 359 g/mol. The van der Waals surface area contributed by atoms with Gasteiger partial charge in [-0.25, -0.2) is 9.07 Å². The zero-order valence-electron chi connectivity index (χ0n) is 15.0. The first-order valence-corrected chi connectivity index (χ1v) is 10.3. The summed E-state index contributed by atoms with van der Waals surface area (Å²) in [4.78, 5) is 0. The van der Waals surface area contributed by atoms with E-state index in [2.05, 4.69) is 36.0 Å². The molecule has 2 aromatic rings. The van der Waals surface area contributed by atoms with Crippen LogP contribution in [0.25, 0.3) is 5.69 Å². The Balaban J connectivity index is 1.67. The van der Waals surface area contributed by atoms with Crippen molar-refractivity contribution in [2.45, 2.75) is 51.6 Å². The lowest BCUT2D eigenvalue weighted by molar-refractivity contribution is 0.238. The van der Waals surface area contributed by atoms with Gasteiger partial charge in [-0.3, -0.25) is 0 Å².